The van der Waals surface area contributed by atoms with Crippen LogP contribution >= 0.6 is 0 Å². The van der Waals surface area contributed by atoms with Crippen LogP contribution in [0.1, 0.15) is 19.8 Å². The Kier molecular flexibility index (Phi) is 6.76. The Bertz CT molecular complexity index is 209. The second-order valence-electron chi connectivity index (χ2n) is 3.30. The molecule has 0 aromatic heterocycles. The van der Waals surface area contributed by atoms with E-state index in [4.69, 9.17) is 9.84 Å². The molecule has 0 radical (unpaired) electrons. The highest BCUT2D eigenvalue weighted by molar-refractivity contribution is 5.85. The molecule has 0 aliphatic carbocycles. The molecule has 0 rings (SSSR count). The van der Waals surface area contributed by atoms with E-state index >= 15 is 0 Å². The normalized spacial score (nSPS) is 12.1. The van der Waals surface area contributed by atoms with Gasteiger partial charge in [0.25, 0.3) is 0 Å². The lowest BCUT2D eigenvalue weighted by Gasteiger charge is -2.07. The van der Waals surface area contributed by atoms with Crippen molar-refractivity contribution in [3.05, 3.63) is 24.8 Å². The smallest absolute Gasteiger partial charge is 0.330 e. The van der Waals surface area contributed by atoms with Gasteiger partial charge in [0, 0.05) is 12.2 Å². The molecule has 0 aliphatic heterocycles. The van der Waals surface area contributed by atoms with Crippen molar-refractivity contribution in [3.63, 3.8) is 0 Å². The molecular formula is C11H18O3. The number of rotatable bonds is 8. The van der Waals surface area contributed by atoms with Gasteiger partial charge in [0.05, 0.1) is 6.61 Å². The molecule has 0 heterocycles. The number of ether oxygens (including phenoxy) is 1. The average Bonchev–Trinajstić information content (AvgIpc) is 2.16. The number of hydrogen-bond donors (Lipinski definition) is 1. The summed E-state index contributed by atoms with van der Waals surface area (Å²) in [6, 6.07) is 0. The molecule has 0 fully saturated rings. The van der Waals surface area contributed by atoms with Gasteiger partial charge in [-0.1, -0.05) is 19.6 Å². The van der Waals surface area contributed by atoms with Crippen LogP contribution in [0.4, 0.5) is 0 Å². The number of carbonyl (C=O) groups is 1. The topological polar surface area (TPSA) is 46.5 Å². The fourth-order valence-corrected chi connectivity index (χ4v) is 0.832. The van der Waals surface area contributed by atoms with E-state index in [0.717, 1.165) is 0 Å². The highest BCUT2D eigenvalue weighted by Gasteiger charge is 2.03. The highest BCUT2D eigenvalue weighted by Crippen LogP contribution is 2.03. The van der Waals surface area contributed by atoms with E-state index in [1.807, 2.05) is 13.0 Å². The Hall–Kier alpha value is -1.09. The van der Waals surface area contributed by atoms with Gasteiger partial charge in [0.15, 0.2) is 0 Å². The van der Waals surface area contributed by atoms with E-state index in [1.165, 1.54) is 0 Å². The summed E-state index contributed by atoms with van der Waals surface area (Å²) in [7, 11) is 0. The molecule has 14 heavy (non-hydrogen) atoms. The first-order valence-corrected chi connectivity index (χ1v) is 4.69. The van der Waals surface area contributed by atoms with Crippen LogP contribution in [0.25, 0.3) is 0 Å². The molecule has 0 aromatic carbocycles. The summed E-state index contributed by atoms with van der Waals surface area (Å²) in [5.74, 6) is -0.581. The summed E-state index contributed by atoms with van der Waals surface area (Å²) in [4.78, 5) is 10.4. The molecule has 0 bridgehead atoms. The maximum absolute atomic E-state index is 10.4. The van der Waals surface area contributed by atoms with Crippen molar-refractivity contribution in [2.75, 3.05) is 13.2 Å². The van der Waals surface area contributed by atoms with Crippen LogP contribution in [0, 0.1) is 5.92 Å². The number of carboxylic acids is 1. The molecule has 0 aliphatic rings. The third kappa shape index (κ3) is 6.43. The van der Waals surface area contributed by atoms with Crippen molar-refractivity contribution in [2.45, 2.75) is 19.8 Å². The van der Waals surface area contributed by atoms with Crippen molar-refractivity contribution in [1.29, 1.82) is 0 Å². The van der Waals surface area contributed by atoms with Gasteiger partial charge < -0.3 is 9.84 Å². The maximum Gasteiger partial charge on any atom is 0.330 e. The van der Waals surface area contributed by atoms with E-state index in [0.29, 0.717) is 32.0 Å². The Balaban J connectivity index is 3.34. The molecule has 0 saturated carbocycles. The Labute approximate surface area is 85.1 Å². The minimum atomic E-state index is -0.926. The van der Waals surface area contributed by atoms with Crippen LogP contribution in [-0.2, 0) is 9.53 Å². The van der Waals surface area contributed by atoms with Gasteiger partial charge in [0.1, 0.15) is 0 Å². The van der Waals surface area contributed by atoms with Crippen LogP contribution in [0.2, 0.25) is 0 Å². The fraction of sp³-hybridized carbons (Fsp3) is 0.545. The van der Waals surface area contributed by atoms with E-state index in [-0.39, 0.29) is 5.57 Å². The van der Waals surface area contributed by atoms with Crippen LogP contribution in [0.5, 0.6) is 0 Å². The molecule has 1 unspecified atom stereocenters. The Morgan fingerprint density at radius 1 is 1.64 bits per heavy atom. The summed E-state index contributed by atoms with van der Waals surface area (Å²) in [5, 5.41) is 8.51. The van der Waals surface area contributed by atoms with Gasteiger partial charge in [-0.15, -0.1) is 6.58 Å². The lowest BCUT2D eigenvalue weighted by molar-refractivity contribution is -0.132. The Morgan fingerprint density at radius 3 is 2.79 bits per heavy atom. The van der Waals surface area contributed by atoms with Crippen molar-refractivity contribution >= 4 is 5.97 Å². The van der Waals surface area contributed by atoms with Crippen LogP contribution in [0.15, 0.2) is 24.8 Å². The zero-order valence-electron chi connectivity index (χ0n) is 8.66. The standard InChI is InChI=1S/C11H18O3/c1-4-9(2)8-14-7-5-6-10(3)11(12)13/h4,9H,1,3,5-8H2,2H3,(H,12,13). The van der Waals surface area contributed by atoms with Crippen LogP contribution < -0.4 is 0 Å². The minimum absolute atomic E-state index is 0.241. The maximum atomic E-state index is 10.4. The first-order chi connectivity index (χ1) is 6.57. The molecule has 0 spiro atoms. The number of hydrogen-bond acceptors (Lipinski definition) is 2. The van der Waals surface area contributed by atoms with E-state index in [1.54, 1.807) is 0 Å². The van der Waals surface area contributed by atoms with E-state index < -0.39 is 5.97 Å². The summed E-state index contributed by atoms with van der Waals surface area (Å²) in [5.41, 5.74) is 0.241. The van der Waals surface area contributed by atoms with Gasteiger partial charge in [-0.05, 0) is 18.8 Å². The number of aliphatic carboxylic acids is 1. The van der Waals surface area contributed by atoms with Crippen molar-refractivity contribution in [2.24, 2.45) is 5.92 Å². The first-order valence-electron chi connectivity index (χ1n) is 4.69. The second-order valence-corrected chi connectivity index (χ2v) is 3.30. The first kappa shape index (κ1) is 12.9. The molecule has 1 atom stereocenters. The molecule has 0 aromatic rings. The predicted molar refractivity (Wildman–Crippen MR) is 56.2 cm³/mol. The average molecular weight is 198 g/mol. The molecule has 1 N–H and O–H groups in total. The molecule has 0 saturated heterocycles. The fourth-order valence-electron chi connectivity index (χ4n) is 0.832. The molecule has 3 heteroatoms. The summed E-state index contributed by atoms with van der Waals surface area (Å²) < 4.78 is 5.31. The zero-order chi connectivity index (χ0) is 11.0. The molecule has 80 valence electrons. The Morgan fingerprint density at radius 2 is 2.29 bits per heavy atom. The molecule has 3 nitrogen and oxygen atoms in total. The summed E-state index contributed by atoms with van der Waals surface area (Å²) in [6.07, 6.45) is 3.02. The second kappa shape index (κ2) is 7.33. The summed E-state index contributed by atoms with van der Waals surface area (Å²) in [6.45, 7) is 10.3. The van der Waals surface area contributed by atoms with Crippen LogP contribution in [0.3, 0.4) is 0 Å². The summed E-state index contributed by atoms with van der Waals surface area (Å²) >= 11 is 0. The van der Waals surface area contributed by atoms with Gasteiger partial charge in [-0.3, -0.25) is 0 Å². The monoisotopic (exact) mass is 198 g/mol. The van der Waals surface area contributed by atoms with Crippen molar-refractivity contribution in [1.82, 2.24) is 0 Å². The number of carboxylic acid groups (broad SMARTS) is 1. The van der Waals surface area contributed by atoms with Crippen LogP contribution in [-0.4, -0.2) is 24.3 Å². The van der Waals surface area contributed by atoms with Crippen molar-refractivity contribution in [3.8, 4) is 0 Å². The van der Waals surface area contributed by atoms with E-state index in [2.05, 4.69) is 13.2 Å². The SMILES string of the molecule is C=CC(C)COCCCC(=C)C(=O)O. The largest absolute Gasteiger partial charge is 0.478 e. The van der Waals surface area contributed by atoms with Gasteiger partial charge in [-0.2, -0.15) is 0 Å². The minimum Gasteiger partial charge on any atom is -0.478 e. The zero-order valence-corrected chi connectivity index (χ0v) is 8.66. The van der Waals surface area contributed by atoms with Crippen molar-refractivity contribution < 1.29 is 14.6 Å². The molecule has 0 amide bonds. The third-order valence-electron chi connectivity index (χ3n) is 1.85. The predicted octanol–water partition coefficient (Wildman–Crippen LogP) is 2.25. The van der Waals surface area contributed by atoms with E-state index in [9.17, 15) is 4.79 Å². The van der Waals surface area contributed by atoms with Gasteiger partial charge in [0.2, 0.25) is 0 Å². The highest BCUT2D eigenvalue weighted by atomic mass is 16.5. The molecular weight excluding hydrogens is 180 g/mol. The lowest BCUT2D eigenvalue weighted by atomic mass is 10.2. The quantitative estimate of drug-likeness (QED) is 0.369. The third-order valence-corrected chi connectivity index (χ3v) is 1.85. The lowest BCUT2D eigenvalue weighted by Crippen LogP contribution is -2.05. The van der Waals surface area contributed by atoms with Gasteiger partial charge in [-0.25, -0.2) is 4.79 Å². The van der Waals surface area contributed by atoms with Gasteiger partial charge >= 0.3 is 5.97 Å².